The number of rotatable bonds is 7. The monoisotopic (exact) mass is 367 g/mol. The van der Waals surface area contributed by atoms with Gasteiger partial charge in [-0.15, -0.1) is 0 Å². The van der Waals surface area contributed by atoms with E-state index >= 15 is 0 Å². The minimum Gasteiger partial charge on any atom is -0.310 e. The summed E-state index contributed by atoms with van der Waals surface area (Å²) in [5, 5.41) is 4.05. The van der Waals surface area contributed by atoms with Crippen molar-refractivity contribution in [2.75, 3.05) is 18.6 Å². The molecule has 19 heavy (non-hydrogen) atoms. The molecule has 0 aliphatic carbocycles. The second-order valence-electron chi connectivity index (χ2n) is 4.56. The van der Waals surface area contributed by atoms with E-state index in [2.05, 4.69) is 21.2 Å². The van der Waals surface area contributed by atoms with E-state index in [0.29, 0.717) is 11.4 Å². The van der Waals surface area contributed by atoms with Crippen molar-refractivity contribution in [3.8, 4) is 0 Å². The lowest BCUT2D eigenvalue weighted by molar-refractivity contribution is 0.507. The van der Waals surface area contributed by atoms with Gasteiger partial charge in [0.1, 0.15) is 9.84 Å². The van der Waals surface area contributed by atoms with Crippen LogP contribution in [0.1, 0.15) is 31.4 Å². The molecule has 0 spiro atoms. The van der Waals surface area contributed by atoms with E-state index in [4.69, 9.17) is 11.6 Å². The first-order chi connectivity index (χ1) is 8.83. The van der Waals surface area contributed by atoms with Crippen LogP contribution >= 0.6 is 27.5 Å². The summed E-state index contributed by atoms with van der Waals surface area (Å²) in [6.45, 7) is 2.87. The van der Waals surface area contributed by atoms with Gasteiger partial charge in [-0.05, 0) is 53.0 Å². The fourth-order valence-corrected chi connectivity index (χ4v) is 3.12. The fourth-order valence-electron chi connectivity index (χ4n) is 1.91. The molecule has 1 aromatic rings. The van der Waals surface area contributed by atoms with Crippen LogP contribution in [-0.4, -0.2) is 27.0 Å². The molecule has 1 unspecified atom stereocenters. The summed E-state index contributed by atoms with van der Waals surface area (Å²) in [5.41, 5.74) is 1.12. The van der Waals surface area contributed by atoms with Crippen LogP contribution < -0.4 is 5.32 Å². The molecule has 0 fully saturated rings. The lowest BCUT2D eigenvalue weighted by Crippen LogP contribution is -2.21. The predicted octanol–water partition coefficient (Wildman–Crippen LogP) is 3.58. The zero-order chi connectivity index (χ0) is 14.5. The zero-order valence-electron chi connectivity index (χ0n) is 11.1. The molecule has 1 N–H and O–H groups in total. The molecule has 0 amide bonds. The third kappa shape index (κ3) is 6.25. The van der Waals surface area contributed by atoms with Crippen LogP contribution in [0.3, 0.4) is 0 Å². The van der Waals surface area contributed by atoms with Crippen molar-refractivity contribution in [1.29, 1.82) is 0 Å². The standard InChI is InChI=1S/C13H19BrClNO2S/c1-3-16-13(5-4-8-19(2,17)18)10-6-7-12(15)11(14)9-10/h6-7,9,13,16H,3-5,8H2,1-2H3. The Morgan fingerprint density at radius 2 is 2.11 bits per heavy atom. The highest BCUT2D eigenvalue weighted by Crippen LogP contribution is 2.27. The first-order valence-corrected chi connectivity index (χ1v) is 9.42. The average molecular weight is 369 g/mol. The van der Waals surface area contributed by atoms with Crippen LogP contribution in [0.2, 0.25) is 5.02 Å². The van der Waals surface area contributed by atoms with Gasteiger partial charge in [0.05, 0.1) is 5.02 Å². The molecular formula is C13H19BrClNO2S. The molecule has 0 bridgehead atoms. The molecule has 0 saturated heterocycles. The van der Waals surface area contributed by atoms with Gasteiger partial charge in [-0.2, -0.15) is 0 Å². The predicted molar refractivity (Wildman–Crippen MR) is 84.5 cm³/mol. The highest BCUT2D eigenvalue weighted by Gasteiger charge is 2.13. The van der Waals surface area contributed by atoms with Crippen molar-refractivity contribution in [2.45, 2.75) is 25.8 Å². The maximum absolute atomic E-state index is 11.2. The lowest BCUT2D eigenvalue weighted by Gasteiger charge is -2.18. The summed E-state index contributed by atoms with van der Waals surface area (Å²) in [4.78, 5) is 0. The Bertz CT molecular complexity index is 519. The van der Waals surface area contributed by atoms with Crippen molar-refractivity contribution in [3.05, 3.63) is 33.3 Å². The summed E-state index contributed by atoms with van der Waals surface area (Å²) >= 11 is 9.39. The molecule has 0 aliphatic rings. The Morgan fingerprint density at radius 1 is 1.42 bits per heavy atom. The van der Waals surface area contributed by atoms with E-state index in [0.717, 1.165) is 23.0 Å². The third-order valence-electron chi connectivity index (χ3n) is 2.80. The Kier molecular flexibility index (Phi) is 6.80. The Hall–Kier alpha value is -0.100. The maximum atomic E-state index is 11.2. The number of hydrogen-bond acceptors (Lipinski definition) is 3. The molecule has 1 aromatic carbocycles. The van der Waals surface area contributed by atoms with Crippen LogP contribution in [0.25, 0.3) is 0 Å². The normalized spacial score (nSPS) is 13.5. The molecule has 0 aliphatic heterocycles. The summed E-state index contributed by atoms with van der Waals surface area (Å²) in [7, 11) is -2.89. The Morgan fingerprint density at radius 3 is 2.63 bits per heavy atom. The molecule has 0 aromatic heterocycles. The van der Waals surface area contributed by atoms with Crippen molar-refractivity contribution >= 4 is 37.4 Å². The second kappa shape index (κ2) is 7.62. The van der Waals surface area contributed by atoms with Gasteiger partial charge < -0.3 is 5.32 Å². The highest BCUT2D eigenvalue weighted by molar-refractivity contribution is 9.10. The number of benzene rings is 1. The van der Waals surface area contributed by atoms with Crippen LogP contribution in [0.4, 0.5) is 0 Å². The van der Waals surface area contributed by atoms with Crippen molar-refractivity contribution in [1.82, 2.24) is 5.32 Å². The van der Waals surface area contributed by atoms with Gasteiger partial charge in [-0.1, -0.05) is 24.6 Å². The minimum absolute atomic E-state index is 0.153. The SMILES string of the molecule is CCNC(CCCS(C)(=O)=O)c1ccc(Cl)c(Br)c1. The summed E-state index contributed by atoms with van der Waals surface area (Å²) in [6.07, 6.45) is 2.71. The number of hydrogen-bond donors (Lipinski definition) is 1. The molecule has 0 radical (unpaired) electrons. The van der Waals surface area contributed by atoms with Crippen molar-refractivity contribution in [2.24, 2.45) is 0 Å². The van der Waals surface area contributed by atoms with Gasteiger partial charge in [0.2, 0.25) is 0 Å². The van der Waals surface area contributed by atoms with E-state index in [1.54, 1.807) is 0 Å². The van der Waals surface area contributed by atoms with Crippen molar-refractivity contribution in [3.63, 3.8) is 0 Å². The summed E-state index contributed by atoms with van der Waals surface area (Å²) in [6, 6.07) is 5.96. The van der Waals surface area contributed by atoms with Gasteiger partial charge in [0.15, 0.2) is 0 Å². The quantitative estimate of drug-likeness (QED) is 0.800. The van der Waals surface area contributed by atoms with E-state index in [-0.39, 0.29) is 11.8 Å². The largest absolute Gasteiger partial charge is 0.310 e. The number of nitrogens with one attached hydrogen (secondary N) is 1. The first-order valence-electron chi connectivity index (χ1n) is 6.19. The summed E-state index contributed by atoms with van der Waals surface area (Å²) < 4.78 is 23.2. The molecule has 1 rings (SSSR count). The van der Waals surface area contributed by atoms with Gasteiger partial charge in [0, 0.05) is 22.5 Å². The minimum atomic E-state index is -2.89. The second-order valence-corrected chi connectivity index (χ2v) is 8.08. The smallest absolute Gasteiger partial charge is 0.147 e. The first kappa shape index (κ1) is 17.0. The van der Waals surface area contributed by atoms with Crippen LogP contribution in [-0.2, 0) is 9.84 Å². The number of halogens is 2. The van der Waals surface area contributed by atoms with E-state index in [1.807, 2.05) is 25.1 Å². The molecular weight excluding hydrogens is 350 g/mol. The number of sulfone groups is 1. The Labute approximate surface area is 128 Å². The lowest BCUT2D eigenvalue weighted by atomic mass is 10.0. The van der Waals surface area contributed by atoms with Crippen LogP contribution in [0.5, 0.6) is 0 Å². The van der Waals surface area contributed by atoms with Crippen LogP contribution in [0.15, 0.2) is 22.7 Å². The third-order valence-corrected chi connectivity index (χ3v) is 5.05. The Balaban J connectivity index is 2.73. The van der Waals surface area contributed by atoms with Gasteiger partial charge in [0.25, 0.3) is 0 Å². The topological polar surface area (TPSA) is 46.2 Å². The zero-order valence-corrected chi connectivity index (χ0v) is 14.3. The molecule has 6 heteroatoms. The van der Waals surface area contributed by atoms with Crippen molar-refractivity contribution < 1.29 is 8.42 Å². The molecule has 3 nitrogen and oxygen atoms in total. The fraction of sp³-hybridized carbons (Fsp3) is 0.538. The average Bonchev–Trinajstić information content (AvgIpc) is 2.30. The highest BCUT2D eigenvalue weighted by atomic mass is 79.9. The van der Waals surface area contributed by atoms with E-state index < -0.39 is 9.84 Å². The van der Waals surface area contributed by atoms with Gasteiger partial charge in [-0.3, -0.25) is 0 Å². The molecule has 0 saturated carbocycles. The van der Waals surface area contributed by atoms with E-state index in [1.165, 1.54) is 6.26 Å². The van der Waals surface area contributed by atoms with Gasteiger partial charge in [-0.25, -0.2) is 8.42 Å². The molecule has 1 atom stereocenters. The molecule has 108 valence electrons. The summed E-state index contributed by atoms with van der Waals surface area (Å²) in [5.74, 6) is 0.226. The van der Waals surface area contributed by atoms with Crippen LogP contribution in [0, 0.1) is 0 Å². The van der Waals surface area contributed by atoms with E-state index in [9.17, 15) is 8.42 Å². The van der Waals surface area contributed by atoms with Gasteiger partial charge >= 0.3 is 0 Å². The molecule has 0 heterocycles. The maximum Gasteiger partial charge on any atom is 0.147 e.